The van der Waals surface area contributed by atoms with Gasteiger partial charge in [0.15, 0.2) is 0 Å². The van der Waals surface area contributed by atoms with Crippen LogP contribution in [0.15, 0.2) is 23.4 Å². The van der Waals surface area contributed by atoms with E-state index in [0.717, 1.165) is 31.5 Å². The highest BCUT2D eigenvalue weighted by Gasteiger charge is 2.17. The molecular weight excluding hydrogens is 242 g/mol. The predicted molar refractivity (Wildman–Crippen MR) is 71.5 cm³/mol. The molecule has 0 aromatic carbocycles. The third-order valence-electron chi connectivity index (χ3n) is 3.39. The van der Waals surface area contributed by atoms with Gasteiger partial charge in [0, 0.05) is 19.2 Å². The monoisotopic (exact) mass is 257 g/mol. The molecule has 19 heavy (non-hydrogen) atoms. The molecule has 3 rings (SSSR count). The van der Waals surface area contributed by atoms with E-state index in [9.17, 15) is 4.79 Å². The number of rotatable bonds is 1. The summed E-state index contributed by atoms with van der Waals surface area (Å²) in [4.78, 5) is 24.9. The number of nitrogens with two attached hydrogens (primary N) is 1. The van der Waals surface area contributed by atoms with E-state index in [4.69, 9.17) is 5.73 Å². The third kappa shape index (κ3) is 2.09. The van der Waals surface area contributed by atoms with Gasteiger partial charge >= 0.3 is 0 Å². The van der Waals surface area contributed by atoms with Crippen LogP contribution < -0.4 is 11.3 Å². The Labute approximate surface area is 110 Å². The van der Waals surface area contributed by atoms with Crippen LogP contribution in [0.2, 0.25) is 0 Å². The SMILES string of the molecule is Nc1c(-c2ccncn2)nc2n(c1=O)CCCCC2. The van der Waals surface area contributed by atoms with Crippen molar-refractivity contribution in [3.8, 4) is 11.4 Å². The number of anilines is 1. The standard InChI is InChI=1S/C13H15N5O/c14-11-12(9-5-6-15-8-16-9)17-10-4-2-1-3-7-18(10)13(11)19/h5-6,8H,1-4,7,14H2. The number of fused-ring (bicyclic) bond motifs is 1. The van der Waals surface area contributed by atoms with Crippen molar-refractivity contribution in [2.75, 3.05) is 5.73 Å². The molecule has 2 N–H and O–H groups in total. The molecule has 98 valence electrons. The maximum atomic E-state index is 12.3. The zero-order valence-electron chi connectivity index (χ0n) is 10.5. The lowest BCUT2D eigenvalue weighted by atomic mass is 10.2. The molecule has 0 aliphatic carbocycles. The molecule has 3 heterocycles. The van der Waals surface area contributed by atoms with Gasteiger partial charge in [0.05, 0.1) is 5.69 Å². The molecule has 2 aromatic rings. The zero-order valence-corrected chi connectivity index (χ0v) is 10.5. The van der Waals surface area contributed by atoms with Gasteiger partial charge in [-0.25, -0.2) is 15.0 Å². The molecule has 0 spiro atoms. The van der Waals surface area contributed by atoms with Crippen molar-refractivity contribution in [2.45, 2.75) is 32.2 Å². The Morgan fingerprint density at radius 3 is 2.95 bits per heavy atom. The molecule has 2 aromatic heterocycles. The first-order valence-corrected chi connectivity index (χ1v) is 6.43. The summed E-state index contributed by atoms with van der Waals surface area (Å²) < 4.78 is 1.70. The minimum atomic E-state index is -0.152. The fourth-order valence-electron chi connectivity index (χ4n) is 2.39. The van der Waals surface area contributed by atoms with Crippen LogP contribution in [0, 0.1) is 0 Å². The van der Waals surface area contributed by atoms with E-state index in [0.29, 0.717) is 17.9 Å². The smallest absolute Gasteiger partial charge is 0.277 e. The summed E-state index contributed by atoms with van der Waals surface area (Å²) >= 11 is 0. The summed E-state index contributed by atoms with van der Waals surface area (Å²) in [6, 6.07) is 1.71. The number of nitrogens with zero attached hydrogens (tertiary/aromatic N) is 4. The van der Waals surface area contributed by atoms with Crippen LogP contribution in [-0.2, 0) is 13.0 Å². The molecule has 0 unspecified atom stereocenters. The highest BCUT2D eigenvalue weighted by molar-refractivity contribution is 5.68. The van der Waals surface area contributed by atoms with E-state index >= 15 is 0 Å². The van der Waals surface area contributed by atoms with Crippen LogP contribution in [0.1, 0.15) is 25.1 Å². The fourth-order valence-corrected chi connectivity index (χ4v) is 2.39. The molecular formula is C13H15N5O. The van der Waals surface area contributed by atoms with Crippen molar-refractivity contribution >= 4 is 5.69 Å². The van der Waals surface area contributed by atoms with Gasteiger partial charge in [-0.15, -0.1) is 0 Å². The first-order chi connectivity index (χ1) is 9.27. The largest absolute Gasteiger partial charge is 0.392 e. The average molecular weight is 257 g/mol. The van der Waals surface area contributed by atoms with Gasteiger partial charge in [0.25, 0.3) is 5.56 Å². The molecule has 0 saturated carbocycles. The first-order valence-electron chi connectivity index (χ1n) is 6.43. The van der Waals surface area contributed by atoms with E-state index in [1.807, 2.05) is 0 Å². The van der Waals surface area contributed by atoms with Crippen LogP contribution in [0.3, 0.4) is 0 Å². The summed E-state index contributed by atoms with van der Waals surface area (Å²) in [5.74, 6) is 0.810. The summed E-state index contributed by atoms with van der Waals surface area (Å²) in [6.07, 6.45) is 7.03. The van der Waals surface area contributed by atoms with Crippen LogP contribution in [-0.4, -0.2) is 19.5 Å². The Balaban J connectivity index is 2.20. The molecule has 0 bridgehead atoms. The van der Waals surface area contributed by atoms with Crippen molar-refractivity contribution in [3.63, 3.8) is 0 Å². The molecule has 0 fully saturated rings. The Bertz CT molecular complexity index is 650. The van der Waals surface area contributed by atoms with Gasteiger partial charge in [-0.1, -0.05) is 6.42 Å². The Morgan fingerprint density at radius 1 is 1.26 bits per heavy atom. The van der Waals surface area contributed by atoms with E-state index in [2.05, 4.69) is 15.0 Å². The summed E-state index contributed by atoms with van der Waals surface area (Å²) in [6.45, 7) is 0.704. The molecule has 0 saturated heterocycles. The lowest BCUT2D eigenvalue weighted by Crippen LogP contribution is -2.27. The average Bonchev–Trinajstić information content (AvgIpc) is 2.69. The van der Waals surface area contributed by atoms with E-state index in [-0.39, 0.29) is 11.2 Å². The molecule has 0 amide bonds. The topological polar surface area (TPSA) is 86.7 Å². The maximum Gasteiger partial charge on any atom is 0.277 e. The van der Waals surface area contributed by atoms with E-state index in [1.165, 1.54) is 6.33 Å². The minimum absolute atomic E-state index is 0.152. The van der Waals surface area contributed by atoms with Gasteiger partial charge in [0.1, 0.15) is 23.5 Å². The highest BCUT2D eigenvalue weighted by Crippen LogP contribution is 2.20. The van der Waals surface area contributed by atoms with Crippen molar-refractivity contribution in [1.82, 2.24) is 19.5 Å². The molecule has 1 aliphatic heterocycles. The Morgan fingerprint density at radius 2 is 2.16 bits per heavy atom. The molecule has 1 aliphatic rings. The van der Waals surface area contributed by atoms with Gasteiger partial charge < -0.3 is 5.73 Å². The van der Waals surface area contributed by atoms with Crippen LogP contribution >= 0.6 is 0 Å². The first kappa shape index (κ1) is 11.8. The van der Waals surface area contributed by atoms with E-state index < -0.39 is 0 Å². The minimum Gasteiger partial charge on any atom is -0.392 e. The quantitative estimate of drug-likeness (QED) is 0.823. The van der Waals surface area contributed by atoms with Gasteiger partial charge in [-0.3, -0.25) is 9.36 Å². The second kappa shape index (κ2) is 4.79. The fraction of sp³-hybridized carbons (Fsp3) is 0.385. The van der Waals surface area contributed by atoms with Crippen molar-refractivity contribution in [1.29, 1.82) is 0 Å². The normalized spacial score (nSPS) is 14.7. The third-order valence-corrected chi connectivity index (χ3v) is 3.39. The zero-order chi connectivity index (χ0) is 13.2. The second-order valence-electron chi connectivity index (χ2n) is 4.65. The number of aryl methyl sites for hydroxylation is 1. The van der Waals surface area contributed by atoms with Gasteiger partial charge in [-0.05, 0) is 18.9 Å². The molecule has 0 radical (unpaired) electrons. The summed E-state index contributed by atoms with van der Waals surface area (Å²) in [7, 11) is 0. The molecule has 6 heteroatoms. The van der Waals surface area contributed by atoms with Crippen LogP contribution in [0.25, 0.3) is 11.4 Å². The van der Waals surface area contributed by atoms with Gasteiger partial charge in [-0.2, -0.15) is 0 Å². The van der Waals surface area contributed by atoms with Crippen LogP contribution in [0.5, 0.6) is 0 Å². The lowest BCUT2D eigenvalue weighted by molar-refractivity contribution is 0.611. The predicted octanol–water partition coefficient (Wildman–Crippen LogP) is 1.01. The van der Waals surface area contributed by atoms with Gasteiger partial charge in [0.2, 0.25) is 0 Å². The van der Waals surface area contributed by atoms with Crippen molar-refractivity contribution < 1.29 is 0 Å². The number of aromatic nitrogens is 4. The highest BCUT2D eigenvalue weighted by atomic mass is 16.1. The number of nitrogen functional groups attached to an aromatic ring is 1. The molecule has 0 atom stereocenters. The van der Waals surface area contributed by atoms with Crippen LogP contribution in [0.4, 0.5) is 5.69 Å². The Kier molecular flexibility index (Phi) is 2.98. The molecule has 6 nitrogen and oxygen atoms in total. The number of hydrogen-bond acceptors (Lipinski definition) is 5. The summed E-state index contributed by atoms with van der Waals surface area (Å²) in [5.41, 5.74) is 7.02. The Hall–Kier alpha value is -2.24. The van der Waals surface area contributed by atoms with Crippen molar-refractivity contribution in [2.24, 2.45) is 0 Å². The second-order valence-corrected chi connectivity index (χ2v) is 4.65. The summed E-state index contributed by atoms with van der Waals surface area (Å²) in [5, 5.41) is 0. The number of hydrogen-bond donors (Lipinski definition) is 1. The van der Waals surface area contributed by atoms with Crippen molar-refractivity contribution in [3.05, 3.63) is 34.8 Å². The maximum absolute atomic E-state index is 12.3. The lowest BCUT2D eigenvalue weighted by Gasteiger charge is -2.12. The van der Waals surface area contributed by atoms with E-state index in [1.54, 1.807) is 16.8 Å².